The largest absolute Gasteiger partial charge is 0.492 e. The number of nitrogens with zero attached hydrogens (tertiary/aromatic N) is 1. The molecule has 2 heteroatoms. The lowest BCUT2D eigenvalue weighted by Crippen LogP contribution is -2.48. The molecule has 0 atom stereocenters. The molecule has 4 bridgehead atoms. The summed E-state index contributed by atoms with van der Waals surface area (Å²) in [5, 5.41) is 0. The lowest BCUT2D eigenvalue weighted by Gasteiger charge is -2.57. The molecule has 1 heterocycles. The summed E-state index contributed by atoms with van der Waals surface area (Å²) in [5.74, 6) is 4.12. The molecule has 1 aromatic carbocycles. The molecule has 4 aliphatic carbocycles. The van der Waals surface area contributed by atoms with Gasteiger partial charge < -0.3 is 4.74 Å². The van der Waals surface area contributed by atoms with Crippen LogP contribution in [0.3, 0.4) is 0 Å². The molecule has 0 spiro atoms. The molecule has 2 nitrogen and oxygen atoms in total. The van der Waals surface area contributed by atoms with E-state index in [0.717, 1.165) is 36.7 Å². The molecule has 0 unspecified atom stereocenters. The van der Waals surface area contributed by atoms with Gasteiger partial charge in [0, 0.05) is 6.54 Å². The van der Waals surface area contributed by atoms with E-state index in [1.165, 1.54) is 77.3 Å². The quantitative estimate of drug-likeness (QED) is 0.702. The first-order chi connectivity index (χ1) is 12.8. The fourth-order valence-electron chi connectivity index (χ4n) is 7.02. The van der Waals surface area contributed by atoms with E-state index in [0.29, 0.717) is 5.41 Å². The molecule has 0 radical (unpaired) electrons. The van der Waals surface area contributed by atoms with E-state index in [1.807, 2.05) is 0 Å². The van der Waals surface area contributed by atoms with Crippen LogP contribution in [0.15, 0.2) is 24.3 Å². The van der Waals surface area contributed by atoms with E-state index < -0.39 is 0 Å². The van der Waals surface area contributed by atoms with Crippen molar-refractivity contribution in [2.24, 2.45) is 17.8 Å². The van der Waals surface area contributed by atoms with Gasteiger partial charge in [-0.2, -0.15) is 0 Å². The Kier molecular flexibility index (Phi) is 4.73. The number of rotatable bonds is 5. The molecule has 4 saturated carbocycles. The molecule has 6 rings (SSSR count). The van der Waals surface area contributed by atoms with E-state index in [1.54, 1.807) is 5.56 Å². The summed E-state index contributed by atoms with van der Waals surface area (Å²) < 4.78 is 6.08. The Morgan fingerprint density at radius 2 is 1.38 bits per heavy atom. The molecular formula is C24H35NO. The second-order valence-electron chi connectivity index (χ2n) is 9.83. The zero-order valence-electron chi connectivity index (χ0n) is 16.3. The van der Waals surface area contributed by atoms with Gasteiger partial charge in [0.15, 0.2) is 0 Å². The average molecular weight is 354 g/mol. The highest BCUT2D eigenvalue weighted by atomic mass is 16.5. The number of hydrogen-bond donors (Lipinski definition) is 0. The number of benzene rings is 1. The molecule has 26 heavy (non-hydrogen) atoms. The first-order valence-corrected chi connectivity index (χ1v) is 11.2. The van der Waals surface area contributed by atoms with Crippen molar-refractivity contribution in [3.63, 3.8) is 0 Å². The maximum absolute atomic E-state index is 6.08. The molecule has 142 valence electrons. The van der Waals surface area contributed by atoms with Gasteiger partial charge in [0.2, 0.25) is 0 Å². The Labute approximate surface area is 159 Å². The Bertz CT molecular complexity index is 564. The van der Waals surface area contributed by atoms with E-state index in [4.69, 9.17) is 4.74 Å². The minimum absolute atomic E-state index is 0.513. The van der Waals surface area contributed by atoms with Crippen molar-refractivity contribution >= 4 is 0 Å². The van der Waals surface area contributed by atoms with Crippen LogP contribution in [0.1, 0.15) is 69.8 Å². The second-order valence-corrected chi connectivity index (χ2v) is 9.83. The lowest BCUT2D eigenvalue weighted by atomic mass is 9.48. The van der Waals surface area contributed by atoms with Crippen LogP contribution in [0.4, 0.5) is 0 Å². The molecular weight excluding hydrogens is 318 g/mol. The van der Waals surface area contributed by atoms with Gasteiger partial charge in [-0.3, -0.25) is 4.90 Å². The molecule has 1 saturated heterocycles. The summed E-state index contributed by atoms with van der Waals surface area (Å²) in [5.41, 5.74) is 2.12. The minimum Gasteiger partial charge on any atom is -0.492 e. The van der Waals surface area contributed by atoms with Crippen LogP contribution < -0.4 is 4.74 Å². The van der Waals surface area contributed by atoms with E-state index >= 15 is 0 Å². The van der Waals surface area contributed by atoms with Crippen LogP contribution in [-0.2, 0) is 5.41 Å². The first kappa shape index (κ1) is 17.1. The molecule has 1 aromatic rings. The first-order valence-electron chi connectivity index (χ1n) is 11.2. The molecule has 0 N–H and O–H groups in total. The third kappa shape index (κ3) is 3.42. The highest BCUT2D eigenvalue weighted by Gasteiger charge is 2.51. The molecule has 1 aliphatic heterocycles. The van der Waals surface area contributed by atoms with Crippen molar-refractivity contribution in [1.82, 2.24) is 4.90 Å². The van der Waals surface area contributed by atoms with Gasteiger partial charge in [0.25, 0.3) is 0 Å². The third-order valence-electron chi connectivity index (χ3n) is 7.88. The zero-order chi connectivity index (χ0) is 17.4. The van der Waals surface area contributed by atoms with Gasteiger partial charge in [-0.1, -0.05) is 25.0 Å². The predicted octanol–water partition coefficient (Wildman–Crippen LogP) is 5.41. The second kappa shape index (κ2) is 7.19. The van der Waals surface area contributed by atoms with E-state index in [2.05, 4.69) is 29.2 Å². The van der Waals surface area contributed by atoms with Gasteiger partial charge in [0.05, 0.1) is 0 Å². The van der Waals surface area contributed by atoms with Crippen molar-refractivity contribution in [2.45, 2.75) is 69.6 Å². The van der Waals surface area contributed by atoms with Crippen molar-refractivity contribution in [3.8, 4) is 5.75 Å². The molecule has 0 amide bonds. The highest BCUT2D eigenvalue weighted by Crippen LogP contribution is 2.60. The van der Waals surface area contributed by atoms with Gasteiger partial charge in [-0.25, -0.2) is 0 Å². The van der Waals surface area contributed by atoms with Crippen molar-refractivity contribution in [2.75, 3.05) is 26.2 Å². The normalized spacial score (nSPS) is 36.8. The van der Waals surface area contributed by atoms with Crippen LogP contribution >= 0.6 is 0 Å². The maximum Gasteiger partial charge on any atom is 0.119 e. The maximum atomic E-state index is 6.08. The lowest BCUT2D eigenvalue weighted by molar-refractivity contribution is -0.00520. The topological polar surface area (TPSA) is 12.5 Å². The van der Waals surface area contributed by atoms with Gasteiger partial charge in [-0.05, 0) is 105 Å². The summed E-state index contributed by atoms with van der Waals surface area (Å²) in [4.78, 5) is 2.58. The zero-order valence-corrected chi connectivity index (χ0v) is 16.3. The third-order valence-corrected chi connectivity index (χ3v) is 7.88. The highest BCUT2D eigenvalue weighted by molar-refractivity contribution is 5.34. The van der Waals surface area contributed by atoms with E-state index in [9.17, 15) is 0 Å². The van der Waals surface area contributed by atoms with Crippen LogP contribution in [0.5, 0.6) is 5.75 Å². The van der Waals surface area contributed by atoms with Crippen LogP contribution in [0, 0.1) is 17.8 Å². The summed E-state index contributed by atoms with van der Waals surface area (Å²) >= 11 is 0. The standard InChI is InChI=1S/C24H35NO/c1-2-4-10-25(9-3-1)11-12-26-23-7-5-22(6-8-23)24-16-19-13-20(17-24)15-21(14-19)18-24/h5-8,19-21H,1-4,9-18H2. The van der Waals surface area contributed by atoms with Crippen LogP contribution in [0.2, 0.25) is 0 Å². The van der Waals surface area contributed by atoms with Crippen molar-refractivity contribution in [1.29, 1.82) is 0 Å². The summed E-state index contributed by atoms with van der Waals surface area (Å²) in [7, 11) is 0. The SMILES string of the molecule is c1cc(C23CC4CC(CC(C4)C2)C3)ccc1OCCN1CCCCCC1. The number of hydrogen-bond acceptors (Lipinski definition) is 2. The Morgan fingerprint density at radius 1 is 0.808 bits per heavy atom. The summed E-state index contributed by atoms with van der Waals surface area (Å²) in [6.45, 7) is 4.43. The molecule has 5 fully saturated rings. The fraction of sp³-hybridized carbons (Fsp3) is 0.750. The van der Waals surface area contributed by atoms with Gasteiger partial charge in [0.1, 0.15) is 12.4 Å². The van der Waals surface area contributed by atoms with Crippen molar-refractivity contribution in [3.05, 3.63) is 29.8 Å². The molecule has 0 aromatic heterocycles. The minimum atomic E-state index is 0.513. The van der Waals surface area contributed by atoms with E-state index in [-0.39, 0.29) is 0 Å². The number of likely N-dealkylation sites (tertiary alicyclic amines) is 1. The smallest absolute Gasteiger partial charge is 0.119 e. The van der Waals surface area contributed by atoms with Crippen LogP contribution in [-0.4, -0.2) is 31.1 Å². The summed E-state index contributed by atoms with van der Waals surface area (Å²) in [6.07, 6.45) is 14.5. The average Bonchev–Trinajstić information content (AvgIpc) is 2.90. The van der Waals surface area contributed by atoms with Gasteiger partial charge >= 0.3 is 0 Å². The number of ether oxygens (including phenoxy) is 1. The Morgan fingerprint density at radius 3 is 1.96 bits per heavy atom. The van der Waals surface area contributed by atoms with Crippen LogP contribution in [0.25, 0.3) is 0 Å². The monoisotopic (exact) mass is 353 g/mol. The van der Waals surface area contributed by atoms with Crippen molar-refractivity contribution < 1.29 is 4.74 Å². The fourth-order valence-corrected chi connectivity index (χ4v) is 7.02. The Hall–Kier alpha value is -1.02. The molecule has 5 aliphatic rings. The van der Waals surface area contributed by atoms with Gasteiger partial charge in [-0.15, -0.1) is 0 Å². The predicted molar refractivity (Wildman–Crippen MR) is 107 cm³/mol. The summed E-state index contributed by atoms with van der Waals surface area (Å²) in [6, 6.07) is 9.29. The Balaban J connectivity index is 1.18.